The molecule has 0 aromatic heterocycles. The Kier molecular flexibility index (Phi) is 4.74. The maximum absolute atomic E-state index is 12.8. The van der Waals surface area contributed by atoms with Gasteiger partial charge in [-0.05, 0) is 52.9 Å². The van der Waals surface area contributed by atoms with E-state index in [-0.39, 0.29) is 22.7 Å². The molecule has 24 heavy (non-hydrogen) atoms. The number of hydrogen-bond donors (Lipinski definition) is 0. The van der Waals surface area contributed by atoms with Gasteiger partial charge in [0.25, 0.3) is 0 Å². The standard InChI is InChI=1S/C18H24F3NO2/c1-16(2)10-14(11-17(3,4)22(16)5)24-15(23)12-7-6-8-13(9-12)18(19,20)21/h6-9,14H,10-11H2,1-5H3. The number of carbonyl (C=O) groups is 1. The van der Waals surface area contributed by atoms with Gasteiger partial charge >= 0.3 is 12.1 Å². The highest BCUT2D eigenvalue weighted by molar-refractivity contribution is 5.89. The van der Waals surface area contributed by atoms with E-state index in [0.29, 0.717) is 12.8 Å². The van der Waals surface area contributed by atoms with E-state index in [1.807, 2.05) is 7.05 Å². The van der Waals surface area contributed by atoms with E-state index < -0.39 is 17.7 Å². The molecule has 1 fully saturated rings. The highest BCUT2D eigenvalue weighted by atomic mass is 19.4. The summed E-state index contributed by atoms with van der Waals surface area (Å²) in [6.07, 6.45) is -3.53. The second-order valence-corrected chi connectivity index (χ2v) is 7.70. The van der Waals surface area contributed by atoms with Crippen molar-refractivity contribution in [1.82, 2.24) is 4.90 Å². The van der Waals surface area contributed by atoms with Crippen molar-refractivity contribution in [3.8, 4) is 0 Å². The van der Waals surface area contributed by atoms with E-state index in [9.17, 15) is 18.0 Å². The van der Waals surface area contributed by atoms with Crippen LogP contribution in [0.1, 0.15) is 56.5 Å². The number of halogens is 3. The van der Waals surface area contributed by atoms with Crippen LogP contribution >= 0.6 is 0 Å². The van der Waals surface area contributed by atoms with Gasteiger partial charge < -0.3 is 4.74 Å². The highest BCUT2D eigenvalue weighted by Crippen LogP contribution is 2.38. The summed E-state index contributed by atoms with van der Waals surface area (Å²) in [5.74, 6) is -0.706. The molecule has 0 unspecified atom stereocenters. The lowest BCUT2D eigenvalue weighted by Crippen LogP contribution is -2.60. The average molecular weight is 343 g/mol. The zero-order valence-electron chi connectivity index (χ0n) is 14.7. The van der Waals surface area contributed by atoms with Gasteiger partial charge in [0, 0.05) is 23.9 Å². The summed E-state index contributed by atoms with van der Waals surface area (Å²) in [5, 5.41) is 0. The maximum Gasteiger partial charge on any atom is 0.416 e. The van der Waals surface area contributed by atoms with Crippen molar-refractivity contribution in [3.63, 3.8) is 0 Å². The first-order valence-electron chi connectivity index (χ1n) is 7.95. The van der Waals surface area contributed by atoms with Gasteiger partial charge in [-0.25, -0.2) is 4.79 Å². The second-order valence-electron chi connectivity index (χ2n) is 7.70. The number of esters is 1. The van der Waals surface area contributed by atoms with E-state index in [1.165, 1.54) is 12.1 Å². The molecule has 1 aliphatic heterocycles. The van der Waals surface area contributed by atoms with Crippen molar-refractivity contribution < 1.29 is 22.7 Å². The molecule has 1 heterocycles. The van der Waals surface area contributed by atoms with E-state index in [0.717, 1.165) is 12.1 Å². The molecule has 0 saturated carbocycles. The normalized spacial score (nSPS) is 21.5. The summed E-state index contributed by atoms with van der Waals surface area (Å²) in [6.45, 7) is 8.27. The summed E-state index contributed by atoms with van der Waals surface area (Å²) in [7, 11) is 2.03. The molecule has 0 amide bonds. The molecule has 0 atom stereocenters. The van der Waals surface area contributed by atoms with Crippen LogP contribution in [-0.2, 0) is 10.9 Å². The Balaban J connectivity index is 2.16. The minimum absolute atomic E-state index is 0.0700. The minimum atomic E-state index is -4.48. The van der Waals surface area contributed by atoms with Crippen LogP contribution in [0.5, 0.6) is 0 Å². The number of benzene rings is 1. The number of alkyl halides is 3. The first-order chi connectivity index (χ1) is 10.8. The molecule has 0 spiro atoms. The Hall–Kier alpha value is -1.56. The number of likely N-dealkylation sites (tertiary alicyclic amines) is 1. The van der Waals surface area contributed by atoms with Gasteiger partial charge in [0.05, 0.1) is 11.1 Å². The maximum atomic E-state index is 12.8. The number of nitrogens with zero attached hydrogens (tertiary/aromatic N) is 1. The zero-order chi connectivity index (χ0) is 18.3. The van der Waals surface area contributed by atoms with Crippen LogP contribution in [0.3, 0.4) is 0 Å². The SMILES string of the molecule is CN1C(C)(C)CC(OC(=O)c2cccc(C(F)(F)F)c2)CC1(C)C. The van der Waals surface area contributed by atoms with Crippen LogP contribution in [-0.4, -0.2) is 35.1 Å². The lowest BCUT2D eigenvalue weighted by molar-refractivity contribution is -0.137. The molecule has 0 aliphatic carbocycles. The van der Waals surface area contributed by atoms with E-state index in [2.05, 4.69) is 32.6 Å². The van der Waals surface area contributed by atoms with Crippen molar-refractivity contribution in [2.45, 2.75) is 63.9 Å². The van der Waals surface area contributed by atoms with Gasteiger partial charge in [-0.2, -0.15) is 13.2 Å². The molecule has 1 aromatic rings. The quantitative estimate of drug-likeness (QED) is 0.740. The van der Waals surface area contributed by atoms with Crippen molar-refractivity contribution in [2.75, 3.05) is 7.05 Å². The third-order valence-electron chi connectivity index (χ3n) is 4.97. The molecule has 0 bridgehead atoms. The lowest BCUT2D eigenvalue weighted by atomic mass is 9.79. The summed E-state index contributed by atoms with van der Waals surface area (Å²) in [6, 6.07) is 4.36. The van der Waals surface area contributed by atoms with E-state index >= 15 is 0 Å². The Labute approximate surface area is 140 Å². The third-order valence-corrected chi connectivity index (χ3v) is 4.97. The van der Waals surface area contributed by atoms with Crippen LogP contribution in [0.4, 0.5) is 13.2 Å². The van der Waals surface area contributed by atoms with Crippen LogP contribution < -0.4 is 0 Å². The average Bonchev–Trinajstić information content (AvgIpc) is 2.43. The first-order valence-corrected chi connectivity index (χ1v) is 7.95. The van der Waals surface area contributed by atoms with Gasteiger partial charge in [-0.3, -0.25) is 4.90 Å². The molecular formula is C18H24F3NO2. The minimum Gasteiger partial charge on any atom is -0.459 e. The van der Waals surface area contributed by atoms with E-state index in [1.54, 1.807) is 0 Å². The fourth-order valence-corrected chi connectivity index (χ4v) is 3.40. The topological polar surface area (TPSA) is 29.5 Å². The molecule has 0 radical (unpaired) electrons. The second kappa shape index (κ2) is 6.06. The smallest absolute Gasteiger partial charge is 0.416 e. The van der Waals surface area contributed by atoms with Crippen LogP contribution in [0.2, 0.25) is 0 Å². The highest BCUT2D eigenvalue weighted by Gasteiger charge is 2.44. The molecule has 134 valence electrons. The van der Waals surface area contributed by atoms with Crippen LogP contribution in [0.25, 0.3) is 0 Å². The van der Waals surface area contributed by atoms with E-state index in [4.69, 9.17) is 4.74 Å². The predicted octanol–water partition coefficient (Wildman–Crippen LogP) is 4.51. The summed E-state index contributed by atoms with van der Waals surface area (Å²) < 4.78 is 43.9. The van der Waals surface area contributed by atoms with Gasteiger partial charge in [-0.1, -0.05) is 6.07 Å². The Morgan fingerprint density at radius 1 is 1.17 bits per heavy atom. The van der Waals surface area contributed by atoms with Crippen molar-refractivity contribution in [1.29, 1.82) is 0 Å². The van der Waals surface area contributed by atoms with Gasteiger partial charge in [-0.15, -0.1) is 0 Å². The molecule has 1 aromatic carbocycles. The molecule has 2 rings (SSSR count). The first kappa shape index (κ1) is 18.8. The number of carbonyl (C=O) groups excluding carboxylic acids is 1. The Bertz CT molecular complexity index is 605. The van der Waals surface area contributed by atoms with Gasteiger partial charge in [0.1, 0.15) is 6.10 Å². The van der Waals surface area contributed by atoms with Gasteiger partial charge in [0.15, 0.2) is 0 Å². The molecule has 1 saturated heterocycles. The summed E-state index contributed by atoms with van der Waals surface area (Å²) in [4.78, 5) is 14.5. The zero-order valence-corrected chi connectivity index (χ0v) is 14.7. The van der Waals surface area contributed by atoms with Crippen LogP contribution in [0.15, 0.2) is 24.3 Å². The fourth-order valence-electron chi connectivity index (χ4n) is 3.40. The van der Waals surface area contributed by atoms with Gasteiger partial charge in [0.2, 0.25) is 0 Å². The van der Waals surface area contributed by atoms with Crippen LogP contribution in [0, 0.1) is 0 Å². The number of piperidine rings is 1. The summed E-state index contributed by atoms with van der Waals surface area (Å²) in [5.41, 5.74) is -1.25. The number of rotatable bonds is 2. The Morgan fingerprint density at radius 2 is 1.71 bits per heavy atom. The number of hydrogen-bond acceptors (Lipinski definition) is 3. The monoisotopic (exact) mass is 343 g/mol. The van der Waals surface area contributed by atoms with Crippen molar-refractivity contribution in [2.24, 2.45) is 0 Å². The molecule has 6 heteroatoms. The number of ether oxygens (including phenoxy) is 1. The third kappa shape index (κ3) is 3.91. The molecular weight excluding hydrogens is 319 g/mol. The lowest BCUT2D eigenvalue weighted by Gasteiger charge is -2.53. The summed E-state index contributed by atoms with van der Waals surface area (Å²) >= 11 is 0. The molecule has 3 nitrogen and oxygen atoms in total. The molecule has 0 N–H and O–H groups in total. The Morgan fingerprint density at radius 3 is 2.21 bits per heavy atom. The molecule has 1 aliphatic rings. The largest absolute Gasteiger partial charge is 0.459 e. The predicted molar refractivity (Wildman–Crippen MR) is 85.8 cm³/mol. The fraction of sp³-hybridized carbons (Fsp3) is 0.611. The van der Waals surface area contributed by atoms with Crippen molar-refractivity contribution in [3.05, 3.63) is 35.4 Å². The van der Waals surface area contributed by atoms with Crippen molar-refractivity contribution >= 4 is 5.97 Å².